The highest BCUT2D eigenvalue weighted by atomic mass is 19.1. The summed E-state index contributed by atoms with van der Waals surface area (Å²) in [6, 6.07) is 4.90. The summed E-state index contributed by atoms with van der Waals surface area (Å²) < 4.78 is 18.8. The Morgan fingerprint density at radius 1 is 1.50 bits per heavy atom. The van der Waals surface area contributed by atoms with Crippen molar-refractivity contribution in [2.75, 3.05) is 20.2 Å². The fourth-order valence-corrected chi connectivity index (χ4v) is 2.26. The Morgan fingerprint density at radius 2 is 2.28 bits per heavy atom. The summed E-state index contributed by atoms with van der Waals surface area (Å²) in [7, 11) is 1.52. The van der Waals surface area contributed by atoms with Crippen molar-refractivity contribution in [3.05, 3.63) is 29.6 Å². The van der Waals surface area contributed by atoms with E-state index in [1.54, 1.807) is 12.1 Å². The maximum atomic E-state index is 13.8. The maximum absolute atomic E-state index is 13.8. The van der Waals surface area contributed by atoms with Crippen molar-refractivity contribution in [1.82, 2.24) is 4.90 Å². The van der Waals surface area contributed by atoms with E-state index >= 15 is 0 Å². The summed E-state index contributed by atoms with van der Waals surface area (Å²) in [5.74, 6) is 0.638. The van der Waals surface area contributed by atoms with Gasteiger partial charge in [0.15, 0.2) is 0 Å². The van der Waals surface area contributed by atoms with Gasteiger partial charge in [-0.2, -0.15) is 0 Å². The summed E-state index contributed by atoms with van der Waals surface area (Å²) in [5, 5.41) is 0. The number of hydrogen-bond acceptors (Lipinski definition) is 3. The maximum Gasteiger partial charge on any atom is 0.138 e. The van der Waals surface area contributed by atoms with Crippen LogP contribution in [0.15, 0.2) is 18.2 Å². The molecule has 0 aromatic heterocycles. The number of nitrogens with zero attached hydrogens (tertiary/aromatic N) is 1. The lowest BCUT2D eigenvalue weighted by atomic mass is 9.98. The van der Waals surface area contributed by atoms with E-state index in [9.17, 15) is 9.18 Å². The molecule has 1 saturated heterocycles. The number of likely N-dealkylation sites (tertiary alicyclic amines) is 1. The molecule has 0 aliphatic carbocycles. The monoisotopic (exact) mass is 251 g/mol. The highest BCUT2D eigenvalue weighted by molar-refractivity contribution is 5.81. The number of carbonyl (C=O) groups is 1. The first kappa shape index (κ1) is 13.0. The predicted molar refractivity (Wildman–Crippen MR) is 67.0 cm³/mol. The Morgan fingerprint density at radius 3 is 2.89 bits per heavy atom. The first-order chi connectivity index (χ1) is 8.60. The average molecular weight is 251 g/mol. The van der Waals surface area contributed by atoms with E-state index in [2.05, 4.69) is 4.90 Å². The molecule has 2 rings (SSSR count). The highest BCUT2D eigenvalue weighted by Crippen LogP contribution is 2.20. The Hall–Kier alpha value is -1.42. The third-order valence-electron chi connectivity index (χ3n) is 3.41. The van der Waals surface area contributed by atoms with Gasteiger partial charge in [-0.1, -0.05) is 13.0 Å². The molecule has 0 bridgehead atoms. The lowest BCUT2D eigenvalue weighted by molar-refractivity contribution is -0.125. The number of methoxy groups -OCH3 is 1. The number of hydrogen-bond donors (Lipinski definition) is 0. The molecule has 1 heterocycles. The predicted octanol–water partition coefficient (Wildman–Crippen LogP) is 2.25. The van der Waals surface area contributed by atoms with Crippen LogP contribution >= 0.6 is 0 Å². The molecule has 1 fully saturated rings. The van der Waals surface area contributed by atoms with Gasteiger partial charge in [0.25, 0.3) is 0 Å². The van der Waals surface area contributed by atoms with Crippen LogP contribution in [0.5, 0.6) is 5.75 Å². The first-order valence-corrected chi connectivity index (χ1v) is 6.17. The SMILES string of the molecule is COc1ccc(CN2CCC(=O)C(C)C2)c(F)c1. The molecule has 0 N–H and O–H groups in total. The number of carbonyl (C=O) groups excluding carboxylic acids is 1. The second kappa shape index (κ2) is 5.48. The number of ether oxygens (including phenoxy) is 1. The van der Waals surface area contributed by atoms with Crippen LogP contribution in [0, 0.1) is 11.7 Å². The Bertz CT molecular complexity index is 447. The van der Waals surface area contributed by atoms with Crippen molar-refractivity contribution < 1.29 is 13.9 Å². The summed E-state index contributed by atoms with van der Waals surface area (Å²) in [6.45, 7) is 3.91. The Kier molecular flexibility index (Phi) is 3.97. The minimum atomic E-state index is -0.251. The van der Waals surface area contributed by atoms with Crippen molar-refractivity contribution in [1.29, 1.82) is 0 Å². The summed E-state index contributed by atoms with van der Waals surface area (Å²) in [6.07, 6.45) is 0.568. The molecule has 98 valence electrons. The van der Waals surface area contributed by atoms with E-state index in [-0.39, 0.29) is 11.7 Å². The van der Waals surface area contributed by atoms with Gasteiger partial charge >= 0.3 is 0 Å². The number of benzene rings is 1. The lowest BCUT2D eigenvalue weighted by Gasteiger charge is -2.30. The molecule has 4 heteroatoms. The van der Waals surface area contributed by atoms with E-state index in [4.69, 9.17) is 4.74 Å². The van der Waals surface area contributed by atoms with E-state index in [1.165, 1.54) is 13.2 Å². The van der Waals surface area contributed by atoms with Gasteiger partial charge in [0.2, 0.25) is 0 Å². The number of Topliss-reactive ketones (excluding diaryl/α,β-unsaturated/α-hetero) is 1. The van der Waals surface area contributed by atoms with Crippen LogP contribution in [-0.4, -0.2) is 30.9 Å². The second-order valence-corrected chi connectivity index (χ2v) is 4.81. The minimum absolute atomic E-state index is 0.0556. The standard InChI is InChI=1S/C14H18FNO2/c1-10-8-16(6-5-14(10)17)9-11-3-4-12(18-2)7-13(11)15/h3-4,7,10H,5-6,8-9H2,1-2H3. The third-order valence-corrected chi connectivity index (χ3v) is 3.41. The topological polar surface area (TPSA) is 29.5 Å². The van der Waals surface area contributed by atoms with Gasteiger partial charge in [-0.15, -0.1) is 0 Å². The molecule has 1 aliphatic rings. The molecule has 1 aromatic rings. The number of ketones is 1. The first-order valence-electron chi connectivity index (χ1n) is 6.17. The molecule has 0 spiro atoms. The highest BCUT2D eigenvalue weighted by Gasteiger charge is 2.23. The van der Waals surface area contributed by atoms with Gasteiger partial charge in [-0.3, -0.25) is 9.69 Å². The second-order valence-electron chi connectivity index (χ2n) is 4.81. The molecule has 0 amide bonds. The van der Waals surface area contributed by atoms with E-state index < -0.39 is 0 Å². The van der Waals surface area contributed by atoms with Gasteiger partial charge in [0.05, 0.1) is 7.11 Å². The number of halogens is 1. The van der Waals surface area contributed by atoms with E-state index in [0.29, 0.717) is 43.2 Å². The van der Waals surface area contributed by atoms with Crippen molar-refractivity contribution in [3.63, 3.8) is 0 Å². The zero-order valence-electron chi connectivity index (χ0n) is 10.8. The largest absolute Gasteiger partial charge is 0.497 e. The normalized spacial score (nSPS) is 21.1. The molecule has 0 saturated carbocycles. The van der Waals surface area contributed by atoms with Crippen LogP contribution in [0.4, 0.5) is 4.39 Å². The van der Waals surface area contributed by atoms with Gasteiger partial charge in [0, 0.05) is 43.6 Å². The summed E-state index contributed by atoms with van der Waals surface area (Å²) >= 11 is 0. The van der Waals surface area contributed by atoms with Gasteiger partial charge in [-0.05, 0) is 6.07 Å². The lowest BCUT2D eigenvalue weighted by Crippen LogP contribution is -2.39. The van der Waals surface area contributed by atoms with Crippen LogP contribution < -0.4 is 4.74 Å². The van der Waals surface area contributed by atoms with Gasteiger partial charge in [-0.25, -0.2) is 4.39 Å². The molecular weight excluding hydrogens is 233 g/mol. The van der Waals surface area contributed by atoms with E-state index in [1.807, 2.05) is 6.92 Å². The Labute approximate surface area is 107 Å². The quantitative estimate of drug-likeness (QED) is 0.825. The smallest absolute Gasteiger partial charge is 0.138 e. The van der Waals surface area contributed by atoms with Crippen molar-refractivity contribution in [3.8, 4) is 5.75 Å². The van der Waals surface area contributed by atoms with Crippen LogP contribution in [0.25, 0.3) is 0 Å². The van der Waals surface area contributed by atoms with Crippen LogP contribution in [0.3, 0.4) is 0 Å². The van der Waals surface area contributed by atoms with Crippen molar-refractivity contribution in [2.45, 2.75) is 19.9 Å². The van der Waals surface area contributed by atoms with Gasteiger partial charge < -0.3 is 4.74 Å². The van der Waals surface area contributed by atoms with Crippen molar-refractivity contribution >= 4 is 5.78 Å². The molecule has 3 nitrogen and oxygen atoms in total. The van der Waals surface area contributed by atoms with Crippen LogP contribution in [0.1, 0.15) is 18.9 Å². The molecular formula is C14H18FNO2. The summed E-state index contributed by atoms with van der Waals surface area (Å²) in [5.41, 5.74) is 0.650. The minimum Gasteiger partial charge on any atom is -0.497 e. The number of rotatable bonds is 3. The number of piperidine rings is 1. The molecule has 1 unspecified atom stereocenters. The zero-order chi connectivity index (χ0) is 13.1. The Balaban J connectivity index is 2.03. The average Bonchev–Trinajstić information content (AvgIpc) is 2.36. The molecule has 18 heavy (non-hydrogen) atoms. The van der Waals surface area contributed by atoms with E-state index in [0.717, 1.165) is 0 Å². The van der Waals surface area contributed by atoms with Crippen molar-refractivity contribution in [2.24, 2.45) is 5.92 Å². The molecule has 1 aliphatic heterocycles. The zero-order valence-corrected chi connectivity index (χ0v) is 10.8. The summed E-state index contributed by atoms with van der Waals surface area (Å²) in [4.78, 5) is 13.5. The third kappa shape index (κ3) is 2.88. The van der Waals surface area contributed by atoms with Crippen LogP contribution in [0.2, 0.25) is 0 Å². The molecule has 0 radical (unpaired) electrons. The van der Waals surface area contributed by atoms with Gasteiger partial charge in [0.1, 0.15) is 17.3 Å². The molecule has 1 atom stereocenters. The van der Waals surface area contributed by atoms with Crippen LogP contribution in [-0.2, 0) is 11.3 Å². The fraction of sp³-hybridized carbons (Fsp3) is 0.500. The fourth-order valence-electron chi connectivity index (χ4n) is 2.26. The molecule has 1 aromatic carbocycles.